The molecule has 0 aliphatic carbocycles. The van der Waals surface area contributed by atoms with Gasteiger partial charge in [-0.1, -0.05) is 6.07 Å². The molecule has 110 valence electrons. The molecule has 2 aromatic rings. The second kappa shape index (κ2) is 6.63. The van der Waals surface area contributed by atoms with Crippen molar-refractivity contribution in [3.8, 4) is 0 Å². The minimum absolute atomic E-state index is 0.672. The first-order valence-corrected chi connectivity index (χ1v) is 7.44. The quantitative estimate of drug-likeness (QED) is 0.911. The zero-order chi connectivity index (χ0) is 14.5. The Morgan fingerprint density at radius 1 is 1.24 bits per heavy atom. The largest absolute Gasteiger partial charge is 0.370 e. The molecular formula is C16H21N5. The summed E-state index contributed by atoms with van der Waals surface area (Å²) >= 11 is 0. The van der Waals surface area contributed by atoms with E-state index in [0.717, 1.165) is 43.4 Å². The lowest BCUT2D eigenvalue weighted by Gasteiger charge is -2.16. The fourth-order valence-electron chi connectivity index (χ4n) is 2.67. The maximum Gasteiger partial charge on any atom is 0.125 e. The standard InChI is InChI=1S/C16H21N5/c1-13-8-19-15(10-18-13)12-21-7-5-14(11-21)9-20-16-4-2-3-6-17-16/h2-4,6,8,10,14H,5,7,9,11-12H2,1H3,(H,17,20). The number of anilines is 1. The van der Waals surface area contributed by atoms with Crippen LogP contribution in [0.5, 0.6) is 0 Å². The monoisotopic (exact) mass is 283 g/mol. The number of pyridine rings is 1. The van der Waals surface area contributed by atoms with E-state index in [9.17, 15) is 0 Å². The van der Waals surface area contributed by atoms with Crippen molar-refractivity contribution < 1.29 is 0 Å². The minimum Gasteiger partial charge on any atom is -0.370 e. The number of aromatic nitrogens is 3. The summed E-state index contributed by atoms with van der Waals surface area (Å²) < 4.78 is 0. The van der Waals surface area contributed by atoms with E-state index in [1.165, 1.54) is 6.42 Å². The minimum atomic E-state index is 0.672. The molecule has 0 spiro atoms. The SMILES string of the molecule is Cc1cnc(CN2CCC(CNc3ccccn3)C2)cn1. The fourth-order valence-corrected chi connectivity index (χ4v) is 2.67. The fraction of sp³-hybridized carbons (Fsp3) is 0.438. The van der Waals surface area contributed by atoms with Crippen molar-refractivity contribution in [3.63, 3.8) is 0 Å². The molecule has 1 fully saturated rings. The molecule has 3 heterocycles. The van der Waals surface area contributed by atoms with Gasteiger partial charge < -0.3 is 5.32 Å². The van der Waals surface area contributed by atoms with Gasteiger partial charge in [0, 0.05) is 38.2 Å². The highest BCUT2D eigenvalue weighted by atomic mass is 15.2. The van der Waals surface area contributed by atoms with Crippen LogP contribution in [0.4, 0.5) is 5.82 Å². The van der Waals surface area contributed by atoms with Crippen LogP contribution in [0.3, 0.4) is 0 Å². The molecule has 0 aromatic carbocycles. The van der Waals surface area contributed by atoms with E-state index in [1.807, 2.05) is 43.7 Å². The molecule has 1 saturated heterocycles. The van der Waals surface area contributed by atoms with E-state index < -0.39 is 0 Å². The predicted octanol–water partition coefficient (Wildman–Crippen LogP) is 2.11. The maximum absolute atomic E-state index is 4.43. The molecule has 0 amide bonds. The Bertz CT molecular complexity index is 555. The van der Waals surface area contributed by atoms with Crippen LogP contribution in [0.1, 0.15) is 17.8 Å². The summed E-state index contributed by atoms with van der Waals surface area (Å²) in [6.45, 7) is 6.08. The van der Waals surface area contributed by atoms with Crippen LogP contribution in [-0.4, -0.2) is 39.5 Å². The van der Waals surface area contributed by atoms with E-state index >= 15 is 0 Å². The van der Waals surface area contributed by atoms with Gasteiger partial charge >= 0.3 is 0 Å². The van der Waals surface area contributed by atoms with Gasteiger partial charge in [0.2, 0.25) is 0 Å². The van der Waals surface area contributed by atoms with E-state index in [1.54, 1.807) is 0 Å². The normalized spacial score (nSPS) is 18.8. The Labute approximate surface area is 125 Å². The Morgan fingerprint density at radius 3 is 2.95 bits per heavy atom. The van der Waals surface area contributed by atoms with Crippen LogP contribution >= 0.6 is 0 Å². The second-order valence-corrected chi connectivity index (χ2v) is 5.63. The number of hydrogen-bond donors (Lipinski definition) is 1. The number of rotatable bonds is 5. The molecule has 1 unspecified atom stereocenters. The van der Waals surface area contributed by atoms with Gasteiger partial charge in [0.15, 0.2) is 0 Å². The van der Waals surface area contributed by atoms with Gasteiger partial charge in [-0.25, -0.2) is 4.98 Å². The Hall–Kier alpha value is -2.01. The molecule has 0 radical (unpaired) electrons. The van der Waals surface area contributed by atoms with Crippen LogP contribution in [0.15, 0.2) is 36.8 Å². The average molecular weight is 283 g/mol. The molecule has 5 heteroatoms. The van der Waals surface area contributed by atoms with Crippen LogP contribution in [0.25, 0.3) is 0 Å². The first kappa shape index (κ1) is 13.9. The van der Waals surface area contributed by atoms with Crippen LogP contribution in [-0.2, 0) is 6.54 Å². The van der Waals surface area contributed by atoms with Gasteiger partial charge in [-0.15, -0.1) is 0 Å². The van der Waals surface area contributed by atoms with Crippen molar-refractivity contribution in [1.29, 1.82) is 0 Å². The highest BCUT2D eigenvalue weighted by Crippen LogP contribution is 2.18. The number of likely N-dealkylation sites (tertiary alicyclic amines) is 1. The molecule has 3 rings (SSSR count). The lowest BCUT2D eigenvalue weighted by atomic mass is 10.1. The first-order chi connectivity index (χ1) is 10.3. The molecule has 5 nitrogen and oxygen atoms in total. The van der Waals surface area contributed by atoms with Gasteiger partial charge in [0.05, 0.1) is 11.4 Å². The zero-order valence-corrected chi connectivity index (χ0v) is 12.4. The molecular weight excluding hydrogens is 262 g/mol. The second-order valence-electron chi connectivity index (χ2n) is 5.63. The number of aryl methyl sites for hydroxylation is 1. The average Bonchev–Trinajstić information content (AvgIpc) is 2.96. The van der Waals surface area contributed by atoms with Crippen molar-refractivity contribution in [1.82, 2.24) is 19.9 Å². The van der Waals surface area contributed by atoms with Crippen molar-refractivity contribution >= 4 is 5.82 Å². The van der Waals surface area contributed by atoms with Gasteiger partial charge in [0.1, 0.15) is 5.82 Å². The summed E-state index contributed by atoms with van der Waals surface area (Å²) in [6, 6.07) is 5.95. The predicted molar refractivity (Wildman–Crippen MR) is 82.9 cm³/mol. The highest BCUT2D eigenvalue weighted by molar-refractivity contribution is 5.33. The third-order valence-corrected chi connectivity index (χ3v) is 3.83. The van der Waals surface area contributed by atoms with Crippen LogP contribution in [0.2, 0.25) is 0 Å². The van der Waals surface area contributed by atoms with Crippen molar-refractivity contribution in [3.05, 3.63) is 48.2 Å². The van der Waals surface area contributed by atoms with Gasteiger partial charge in [-0.05, 0) is 37.9 Å². The molecule has 1 aliphatic rings. The van der Waals surface area contributed by atoms with Crippen LogP contribution < -0.4 is 5.32 Å². The first-order valence-electron chi connectivity index (χ1n) is 7.44. The lowest BCUT2D eigenvalue weighted by molar-refractivity contribution is 0.314. The molecule has 0 saturated carbocycles. The number of nitrogens with zero attached hydrogens (tertiary/aromatic N) is 4. The summed E-state index contributed by atoms with van der Waals surface area (Å²) in [7, 11) is 0. The number of nitrogens with one attached hydrogen (secondary N) is 1. The van der Waals surface area contributed by atoms with Gasteiger partial charge in [-0.3, -0.25) is 14.9 Å². The van der Waals surface area contributed by atoms with Gasteiger partial charge in [0.25, 0.3) is 0 Å². The summed E-state index contributed by atoms with van der Waals surface area (Å²) in [6.07, 6.45) is 6.76. The zero-order valence-electron chi connectivity index (χ0n) is 12.4. The van der Waals surface area contributed by atoms with Crippen molar-refractivity contribution in [2.75, 3.05) is 25.0 Å². The molecule has 1 N–H and O–H groups in total. The number of hydrogen-bond acceptors (Lipinski definition) is 5. The topological polar surface area (TPSA) is 53.9 Å². The molecule has 1 aliphatic heterocycles. The molecule has 2 aromatic heterocycles. The van der Waals surface area contributed by atoms with E-state index in [4.69, 9.17) is 0 Å². The van der Waals surface area contributed by atoms with E-state index in [-0.39, 0.29) is 0 Å². The Balaban J connectivity index is 1.46. The molecule has 21 heavy (non-hydrogen) atoms. The van der Waals surface area contributed by atoms with Gasteiger partial charge in [-0.2, -0.15) is 0 Å². The van der Waals surface area contributed by atoms with Crippen molar-refractivity contribution in [2.24, 2.45) is 5.92 Å². The van der Waals surface area contributed by atoms with Crippen LogP contribution in [0, 0.1) is 12.8 Å². The summed E-state index contributed by atoms with van der Waals surface area (Å²) in [5, 5.41) is 3.41. The Morgan fingerprint density at radius 2 is 2.19 bits per heavy atom. The smallest absolute Gasteiger partial charge is 0.125 e. The summed E-state index contributed by atoms with van der Waals surface area (Å²) in [5.74, 6) is 1.63. The maximum atomic E-state index is 4.43. The summed E-state index contributed by atoms with van der Waals surface area (Å²) in [5.41, 5.74) is 2.02. The Kier molecular flexibility index (Phi) is 4.40. The third kappa shape index (κ3) is 3.98. The highest BCUT2D eigenvalue weighted by Gasteiger charge is 2.22. The molecule has 1 atom stereocenters. The van der Waals surface area contributed by atoms with E-state index in [0.29, 0.717) is 5.92 Å². The third-order valence-electron chi connectivity index (χ3n) is 3.83. The summed E-state index contributed by atoms with van der Waals surface area (Å²) in [4.78, 5) is 15.5. The lowest BCUT2D eigenvalue weighted by Crippen LogP contribution is -2.23. The molecule has 0 bridgehead atoms. The van der Waals surface area contributed by atoms with Crippen molar-refractivity contribution in [2.45, 2.75) is 19.9 Å². The van der Waals surface area contributed by atoms with E-state index in [2.05, 4.69) is 25.2 Å².